The first-order chi connectivity index (χ1) is 8.90. The second kappa shape index (κ2) is 6.74. The van der Waals surface area contributed by atoms with E-state index in [9.17, 15) is 0 Å². The molecule has 4 nitrogen and oxygen atoms in total. The second-order valence-electron chi connectivity index (χ2n) is 3.96. The molecule has 0 radical (unpaired) electrons. The van der Waals surface area contributed by atoms with Gasteiger partial charge in [-0.1, -0.05) is 24.3 Å². The van der Waals surface area contributed by atoms with Crippen LogP contribution in [0.3, 0.4) is 0 Å². The van der Waals surface area contributed by atoms with E-state index in [1.165, 1.54) is 0 Å². The van der Waals surface area contributed by atoms with Crippen LogP contribution in [0, 0.1) is 0 Å². The zero-order valence-electron chi connectivity index (χ0n) is 10.1. The minimum Gasteiger partial charge on any atom is -0.494 e. The van der Waals surface area contributed by atoms with E-state index >= 15 is 0 Å². The van der Waals surface area contributed by atoms with E-state index in [1.54, 1.807) is 6.20 Å². The molecule has 94 valence electrons. The fourth-order valence-corrected chi connectivity index (χ4v) is 1.74. The minimum absolute atomic E-state index is 0.0578. The van der Waals surface area contributed by atoms with E-state index in [0.29, 0.717) is 6.61 Å². The molecule has 0 saturated heterocycles. The second-order valence-corrected chi connectivity index (χ2v) is 3.96. The van der Waals surface area contributed by atoms with Gasteiger partial charge in [0.25, 0.3) is 0 Å². The minimum atomic E-state index is 0.0578. The van der Waals surface area contributed by atoms with Gasteiger partial charge in [0.1, 0.15) is 5.75 Å². The number of hydrogen-bond donors (Lipinski definition) is 2. The summed E-state index contributed by atoms with van der Waals surface area (Å²) in [6.07, 6.45) is 4.35. The third-order valence-electron chi connectivity index (χ3n) is 2.71. The number of benzene rings is 1. The molecular formula is C14H17N3O. The fourth-order valence-electron chi connectivity index (χ4n) is 1.74. The zero-order chi connectivity index (χ0) is 12.6. The quantitative estimate of drug-likeness (QED) is 0.602. The Labute approximate surface area is 107 Å². The zero-order valence-corrected chi connectivity index (χ0v) is 10.1. The third-order valence-corrected chi connectivity index (χ3v) is 2.71. The number of rotatable bonds is 6. The summed E-state index contributed by atoms with van der Waals surface area (Å²) < 4.78 is 5.64. The molecule has 0 amide bonds. The van der Waals surface area contributed by atoms with E-state index in [0.717, 1.165) is 17.7 Å². The Morgan fingerprint density at radius 1 is 1.17 bits per heavy atom. The van der Waals surface area contributed by atoms with Gasteiger partial charge in [0.2, 0.25) is 0 Å². The van der Waals surface area contributed by atoms with E-state index in [1.807, 2.05) is 48.7 Å². The first-order valence-electron chi connectivity index (χ1n) is 5.94. The molecule has 0 bridgehead atoms. The van der Waals surface area contributed by atoms with Crippen molar-refractivity contribution < 1.29 is 4.74 Å². The molecule has 1 unspecified atom stereocenters. The topological polar surface area (TPSA) is 60.2 Å². The van der Waals surface area contributed by atoms with Gasteiger partial charge < -0.3 is 4.74 Å². The molecule has 0 fully saturated rings. The van der Waals surface area contributed by atoms with E-state index < -0.39 is 0 Å². The van der Waals surface area contributed by atoms with Crippen LogP contribution in [0.2, 0.25) is 0 Å². The molecule has 1 heterocycles. The maximum atomic E-state index is 5.64. The van der Waals surface area contributed by atoms with Crippen LogP contribution in [0.1, 0.15) is 18.0 Å². The molecule has 18 heavy (non-hydrogen) atoms. The molecule has 2 aromatic rings. The van der Waals surface area contributed by atoms with Gasteiger partial charge in [0.15, 0.2) is 0 Å². The van der Waals surface area contributed by atoms with Crippen molar-refractivity contribution in [2.45, 2.75) is 12.5 Å². The maximum Gasteiger partial charge on any atom is 0.119 e. The number of hydrazine groups is 1. The fraction of sp³-hybridized carbons (Fsp3) is 0.214. The van der Waals surface area contributed by atoms with Crippen molar-refractivity contribution in [3.05, 3.63) is 60.4 Å². The average molecular weight is 243 g/mol. The lowest BCUT2D eigenvalue weighted by molar-refractivity contribution is 0.287. The van der Waals surface area contributed by atoms with Gasteiger partial charge in [-0.2, -0.15) is 0 Å². The number of nitrogens with zero attached hydrogens (tertiary/aromatic N) is 1. The molecule has 1 atom stereocenters. The first kappa shape index (κ1) is 12.5. The van der Waals surface area contributed by atoms with E-state index in [2.05, 4.69) is 10.4 Å². The molecular weight excluding hydrogens is 226 g/mol. The smallest absolute Gasteiger partial charge is 0.119 e. The Bertz CT molecular complexity index is 447. The van der Waals surface area contributed by atoms with Crippen molar-refractivity contribution in [3.8, 4) is 5.75 Å². The van der Waals surface area contributed by atoms with Crippen molar-refractivity contribution in [2.24, 2.45) is 5.84 Å². The van der Waals surface area contributed by atoms with Gasteiger partial charge in [-0.15, -0.1) is 0 Å². The largest absolute Gasteiger partial charge is 0.494 e. The molecule has 0 aliphatic rings. The molecule has 3 N–H and O–H groups in total. The van der Waals surface area contributed by atoms with E-state index in [4.69, 9.17) is 10.6 Å². The summed E-state index contributed by atoms with van der Waals surface area (Å²) in [5.41, 5.74) is 3.85. The van der Waals surface area contributed by atoms with Crippen LogP contribution in [0.4, 0.5) is 0 Å². The van der Waals surface area contributed by atoms with Crippen LogP contribution in [-0.4, -0.2) is 11.6 Å². The number of pyridine rings is 1. The Morgan fingerprint density at radius 2 is 2.00 bits per heavy atom. The van der Waals surface area contributed by atoms with Crippen molar-refractivity contribution in [3.63, 3.8) is 0 Å². The highest BCUT2D eigenvalue weighted by atomic mass is 16.5. The monoisotopic (exact) mass is 243 g/mol. The van der Waals surface area contributed by atoms with Gasteiger partial charge >= 0.3 is 0 Å². The summed E-state index contributed by atoms with van der Waals surface area (Å²) >= 11 is 0. The first-order valence-corrected chi connectivity index (χ1v) is 5.94. The summed E-state index contributed by atoms with van der Waals surface area (Å²) in [7, 11) is 0. The van der Waals surface area contributed by atoms with Crippen LogP contribution in [0.15, 0.2) is 54.9 Å². The summed E-state index contributed by atoms with van der Waals surface area (Å²) in [4.78, 5) is 4.08. The lowest BCUT2D eigenvalue weighted by Gasteiger charge is -2.16. The third kappa shape index (κ3) is 3.55. The predicted molar refractivity (Wildman–Crippen MR) is 70.9 cm³/mol. The predicted octanol–water partition coefficient (Wildman–Crippen LogP) is 2.06. The molecule has 1 aromatic carbocycles. The average Bonchev–Trinajstić information content (AvgIpc) is 2.46. The summed E-state index contributed by atoms with van der Waals surface area (Å²) in [6, 6.07) is 13.7. The molecule has 1 aromatic heterocycles. The molecule has 0 aliphatic heterocycles. The van der Waals surface area contributed by atoms with Crippen molar-refractivity contribution in [1.82, 2.24) is 10.4 Å². The number of aromatic nitrogens is 1. The van der Waals surface area contributed by atoms with Gasteiger partial charge in [-0.05, 0) is 23.8 Å². The molecule has 4 heteroatoms. The SMILES string of the molecule is NNC(CCOc1ccccc1)c1cccnc1. The number of ether oxygens (including phenoxy) is 1. The van der Waals surface area contributed by atoms with Crippen LogP contribution in [0.5, 0.6) is 5.75 Å². The summed E-state index contributed by atoms with van der Waals surface area (Å²) in [5, 5.41) is 0. The lowest BCUT2D eigenvalue weighted by atomic mass is 10.1. The number of hydrogen-bond acceptors (Lipinski definition) is 4. The van der Waals surface area contributed by atoms with Crippen molar-refractivity contribution >= 4 is 0 Å². The Morgan fingerprint density at radius 3 is 2.67 bits per heavy atom. The van der Waals surface area contributed by atoms with Crippen molar-refractivity contribution in [1.29, 1.82) is 0 Å². The van der Waals surface area contributed by atoms with Crippen LogP contribution >= 0.6 is 0 Å². The summed E-state index contributed by atoms with van der Waals surface area (Å²) in [6.45, 7) is 0.605. The Balaban J connectivity index is 1.85. The van der Waals surface area contributed by atoms with Gasteiger partial charge in [-0.25, -0.2) is 0 Å². The van der Waals surface area contributed by atoms with Gasteiger partial charge in [0, 0.05) is 18.8 Å². The lowest BCUT2D eigenvalue weighted by Crippen LogP contribution is -2.29. The number of nitrogens with two attached hydrogens (primary N) is 1. The Kier molecular flexibility index (Phi) is 4.69. The number of nitrogens with one attached hydrogen (secondary N) is 1. The standard InChI is InChI=1S/C14H17N3O/c15-17-14(12-5-4-9-16-11-12)8-10-18-13-6-2-1-3-7-13/h1-7,9,11,14,17H,8,10,15H2. The van der Waals surface area contributed by atoms with Gasteiger partial charge in [-0.3, -0.25) is 16.3 Å². The summed E-state index contributed by atoms with van der Waals surface area (Å²) in [5.74, 6) is 6.43. The van der Waals surface area contributed by atoms with Crippen LogP contribution in [-0.2, 0) is 0 Å². The highest BCUT2D eigenvalue weighted by Gasteiger charge is 2.09. The molecule has 2 rings (SSSR count). The molecule has 0 spiro atoms. The highest BCUT2D eigenvalue weighted by molar-refractivity contribution is 5.21. The number of para-hydroxylation sites is 1. The van der Waals surface area contributed by atoms with Gasteiger partial charge in [0.05, 0.1) is 12.6 Å². The van der Waals surface area contributed by atoms with Crippen molar-refractivity contribution in [2.75, 3.05) is 6.61 Å². The van der Waals surface area contributed by atoms with Crippen LogP contribution < -0.4 is 16.0 Å². The normalized spacial score (nSPS) is 12.1. The van der Waals surface area contributed by atoms with Crippen LogP contribution in [0.25, 0.3) is 0 Å². The van der Waals surface area contributed by atoms with E-state index in [-0.39, 0.29) is 6.04 Å². The Hall–Kier alpha value is -1.91. The molecule has 0 saturated carbocycles. The highest BCUT2D eigenvalue weighted by Crippen LogP contribution is 2.15. The molecule has 0 aliphatic carbocycles. The maximum absolute atomic E-state index is 5.64.